The summed E-state index contributed by atoms with van der Waals surface area (Å²) in [7, 11) is 1.56. The molecule has 1 aromatic heterocycles. The lowest BCUT2D eigenvalue weighted by atomic mass is 10.1. The fourth-order valence-electron chi connectivity index (χ4n) is 5.16. The van der Waals surface area contributed by atoms with E-state index < -0.39 is 16.6 Å². The molecule has 0 aliphatic carbocycles. The first-order valence-corrected chi connectivity index (χ1v) is 14.5. The third-order valence-electron chi connectivity index (χ3n) is 7.53. The van der Waals surface area contributed by atoms with Crippen molar-refractivity contribution in [3.8, 4) is 5.75 Å². The Hall–Kier alpha value is -5.22. The Morgan fingerprint density at radius 1 is 0.933 bits per heavy atom. The second-order valence-corrected chi connectivity index (χ2v) is 10.9. The lowest BCUT2D eigenvalue weighted by Crippen LogP contribution is -2.43. The number of amides is 2. The van der Waals surface area contributed by atoms with E-state index in [0.29, 0.717) is 24.3 Å². The number of nitro benzene ring substituents is 1. The Bertz CT molecular complexity index is 1840. The van der Waals surface area contributed by atoms with Gasteiger partial charge < -0.3 is 19.5 Å². The number of hydrogen-bond donors (Lipinski definition) is 1. The van der Waals surface area contributed by atoms with E-state index in [0.717, 1.165) is 28.1 Å². The number of H-pyrrole nitrogens is 1. The Morgan fingerprint density at radius 2 is 1.67 bits per heavy atom. The average molecular weight is 629 g/mol. The smallest absolute Gasteiger partial charge is 0.270 e. The minimum absolute atomic E-state index is 0.00671. The van der Waals surface area contributed by atoms with Crippen molar-refractivity contribution in [1.82, 2.24) is 14.8 Å². The highest BCUT2D eigenvalue weighted by Gasteiger charge is 2.26. The zero-order valence-corrected chi connectivity index (χ0v) is 25.2. The number of rotatable bonds is 12. The summed E-state index contributed by atoms with van der Waals surface area (Å²) in [6.07, 6.45) is 2.47. The molecule has 4 aromatic carbocycles. The van der Waals surface area contributed by atoms with Gasteiger partial charge in [0.15, 0.2) is 0 Å². The molecule has 0 aliphatic heterocycles. The van der Waals surface area contributed by atoms with Crippen molar-refractivity contribution in [3.63, 3.8) is 0 Å². The van der Waals surface area contributed by atoms with Crippen LogP contribution in [0.3, 0.4) is 0 Å². The highest BCUT2D eigenvalue weighted by Crippen LogP contribution is 2.26. The number of benzene rings is 4. The van der Waals surface area contributed by atoms with E-state index >= 15 is 0 Å². The SMILES string of the molecule is COc1ccccc1CN(CCc1c[nH]c2ccccc12)C(=O)CN(Cc1ccc(F)cc1)C(=O)c1ccc([N+](=O)[O-])cc1Cl. The van der Waals surface area contributed by atoms with Gasteiger partial charge in [0, 0.05) is 54.4 Å². The molecule has 5 rings (SSSR count). The number of halogens is 2. The number of hydrogen-bond acceptors (Lipinski definition) is 5. The number of aromatic amines is 1. The number of nitrogens with zero attached hydrogens (tertiary/aromatic N) is 3. The van der Waals surface area contributed by atoms with Gasteiger partial charge in [0.1, 0.15) is 18.1 Å². The molecule has 11 heteroatoms. The van der Waals surface area contributed by atoms with Crippen LogP contribution in [0, 0.1) is 15.9 Å². The molecule has 0 bridgehead atoms. The second kappa shape index (κ2) is 14.0. The largest absolute Gasteiger partial charge is 0.496 e. The zero-order chi connectivity index (χ0) is 31.9. The van der Waals surface area contributed by atoms with E-state index in [1.165, 1.54) is 41.3 Å². The molecule has 0 atom stereocenters. The number of methoxy groups -OCH3 is 1. The van der Waals surface area contributed by atoms with Crippen LogP contribution in [0.5, 0.6) is 5.75 Å². The van der Waals surface area contributed by atoms with Crippen LogP contribution in [-0.2, 0) is 24.3 Å². The molecule has 0 unspecified atom stereocenters. The van der Waals surface area contributed by atoms with Crippen LogP contribution in [0.1, 0.15) is 27.0 Å². The molecule has 1 heterocycles. The Morgan fingerprint density at radius 3 is 2.40 bits per heavy atom. The van der Waals surface area contributed by atoms with Crippen molar-refractivity contribution < 1.29 is 23.6 Å². The van der Waals surface area contributed by atoms with Crippen molar-refractivity contribution in [3.05, 3.63) is 140 Å². The molecule has 5 aromatic rings. The van der Waals surface area contributed by atoms with Gasteiger partial charge in [-0.15, -0.1) is 0 Å². The van der Waals surface area contributed by atoms with Crippen molar-refractivity contribution in [2.75, 3.05) is 20.2 Å². The van der Waals surface area contributed by atoms with Gasteiger partial charge in [0.05, 0.1) is 22.6 Å². The molecule has 2 amide bonds. The molecular formula is C34H30ClFN4O5. The molecule has 1 N–H and O–H groups in total. The van der Waals surface area contributed by atoms with Gasteiger partial charge in [0.2, 0.25) is 5.91 Å². The number of carbonyl (C=O) groups excluding carboxylic acids is 2. The maximum absolute atomic E-state index is 14.1. The number of aromatic nitrogens is 1. The van der Waals surface area contributed by atoms with Gasteiger partial charge in [-0.3, -0.25) is 19.7 Å². The first kappa shape index (κ1) is 31.2. The van der Waals surface area contributed by atoms with Crippen molar-refractivity contribution in [2.24, 2.45) is 0 Å². The van der Waals surface area contributed by atoms with Crippen LogP contribution in [0.15, 0.2) is 97.2 Å². The van der Waals surface area contributed by atoms with E-state index in [4.69, 9.17) is 16.3 Å². The van der Waals surface area contributed by atoms with Crippen molar-refractivity contribution in [1.29, 1.82) is 0 Å². The summed E-state index contributed by atoms with van der Waals surface area (Å²) in [4.78, 5) is 44.8. The summed E-state index contributed by atoms with van der Waals surface area (Å²) in [5.74, 6) is -0.749. The third-order valence-corrected chi connectivity index (χ3v) is 7.84. The molecule has 0 radical (unpaired) electrons. The zero-order valence-electron chi connectivity index (χ0n) is 24.4. The average Bonchev–Trinajstić information content (AvgIpc) is 3.46. The van der Waals surface area contributed by atoms with Gasteiger partial charge in [-0.1, -0.05) is 60.1 Å². The summed E-state index contributed by atoms with van der Waals surface area (Å²) >= 11 is 6.32. The number of carbonyl (C=O) groups is 2. The number of non-ortho nitro benzene ring substituents is 1. The van der Waals surface area contributed by atoms with Gasteiger partial charge in [-0.25, -0.2) is 4.39 Å². The molecule has 0 saturated carbocycles. The molecule has 230 valence electrons. The fourth-order valence-corrected chi connectivity index (χ4v) is 5.41. The highest BCUT2D eigenvalue weighted by atomic mass is 35.5. The fraction of sp³-hybridized carbons (Fsp3) is 0.176. The summed E-state index contributed by atoms with van der Waals surface area (Å²) in [6, 6.07) is 24.5. The molecule has 0 fully saturated rings. The Labute approximate surface area is 263 Å². The molecule has 0 spiro atoms. The minimum atomic E-state index is -0.608. The van der Waals surface area contributed by atoms with Gasteiger partial charge in [-0.2, -0.15) is 0 Å². The number of nitro groups is 1. The van der Waals surface area contributed by atoms with Gasteiger partial charge in [0.25, 0.3) is 11.6 Å². The van der Waals surface area contributed by atoms with Gasteiger partial charge in [-0.05, 0) is 47.9 Å². The predicted molar refractivity (Wildman–Crippen MR) is 170 cm³/mol. The van der Waals surface area contributed by atoms with E-state index in [-0.39, 0.29) is 41.8 Å². The Kier molecular flexibility index (Phi) is 9.74. The summed E-state index contributed by atoms with van der Waals surface area (Å²) in [5.41, 5.74) is 3.16. The molecular weight excluding hydrogens is 599 g/mol. The van der Waals surface area contributed by atoms with Crippen LogP contribution in [0.2, 0.25) is 5.02 Å². The van der Waals surface area contributed by atoms with Crippen LogP contribution in [0.4, 0.5) is 10.1 Å². The topological polar surface area (TPSA) is 109 Å². The molecule has 0 aliphatic rings. The number of ether oxygens (including phenoxy) is 1. The van der Waals surface area contributed by atoms with Crippen LogP contribution < -0.4 is 4.74 Å². The summed E-state index contributed by atoms with van der Waals surface area (Å²) < 4.78 is 19.2. The first-order chi connectivity index (χ1) is 21.7. The van der Waals surface area contributed by atoms with E-state index in [2.05, 4.69) is 4.98 Å². The predicted octanol–water partition coefficient (Wildman–Crippen LogP) is 6.79. The van der Waals surface area contributed by atoms with E-state index in [9.17, 15) is 24.1 Å². The normalized spacial score (nSPS) is 10.9. The maximum Gasteiger partial charge on any atom is 0.270 e. The van der Waals surface area contributed by atoms with Gasteiger partial charge >= 0.3 is 0 Å². The molecule has 0 saturated heterocycles. The minimum Gasteiger partial charge on any atom is -0.496 e. The third kappa shape index (κ3) is 7.47. The van der Waals surface area contributed by atoms with Crippen molar-refractivity contribution in [2.45, 2.75) is 19.5 Å². The molecule has 9 nitrogen and oxygen atoms in total. The second-order valence-electron chi connectivity index (χ2n) is 10.4. The van der Waals surface area contributed by atoms with E-state index in [1.807, 2.05) is 54.7 Å². The number of para-hydroxylation sites is 2. The lowest BCUT2D eigenvalue weighted by Gasteiger charge is -2.29. The quantitative estimate of drug-likeness (QED) is 0.121. The lowest BCUT2D eigenvalue weighted by molar-refractivity contribution is -0.384. The van der Waals surface area contributed by atoms with Crippen LogP contribution >= 0.6 is 11.6 Å². The van der Waals surface area contributed by atoms with Crippen molar-refractivity contribution >= 4 is 40.0 Å². The van der Waals surface area contributed by atoms with Crippen LogP contribution in [-0.4, -0.2) is 51.7 Å². The van der Waals surface area contributed by atoms with E-state index in [1.54, 1.807) is 12.0 Å². The van der Waals surface area contributed by atoms with Crippen LogP contribution in [0.25, 0.3) is 10.9 Å². The maximum atomic E-state index is 14.1. The first-order valence-electron chi connectivity index (χ1n) is 14.2. The number of nitrogens with one attached hydrogen (secondary N) is 1. The summed E-state index contributed by atoms with van der Waals surface area (Å²) in [6.45, 7) is 0.216. The molecule has 45 heavy (non-hydrogen) atoms. The monoisotopic (exact) mass is 628 g/mol. The number of fused-ring (bicyclic) bond motifs is 1. The Balaban J connectivity index is 1.45. The highest BCUT2D eigenvalue weighted by molar-refractivity contribution is 6.34. The summed E-state index contributed by atoms with van der Waals surface area (Å²) in [5, 5.41) is 12.2. The standard InChI is InChI=1S/C34H30ClFN4O5/c1-45-32-9-5-2-6-25(32)21-38(17-16-24-19-37-31-8-4-3-7-28(24)31)33(41)22-39(20-23-10-12-26(36)13-11-23)34(42)29-15-14-27(40(43)44)18-30(29)35/h2-15,18-19,37H,16-17,20-22H2,1H3.